The Labute approximate surface area is 100 Å². The third kappa shape index (κ3) is 3.78. The number of rotatable bonds is 4. The van der Waals surface area contributed by atoms with Crippen LogP contribution in [0.2, 0.25) is 0 Å². The Morgan fingerprint density at radius 3 is 2.47 bits per heavy atom. The highest BCUT2D eigenvalue weighted by atomic mass is 127. The summed E-state index contributed by atoms with van der Waals surface area (Å²) in [7, 11) is 0. The van der Waals surface area contributed by atoms with Crippen LogP contribution in [-0.2, 0) is 4.79 Å². The SMILES string of the molecule is O=C(C=Cc1ccc([N+](=O)[O-])cc1)CI. The summed E-state index contributed by atoms with van der Waals surface area (Å²) in [4.78, 5) is 20.9. The van der Waals surface area contributed by atoms with E-state index in [9.17, 15) is 14.9 Å². The molecule has 1 aromatic carbocycles. The van der Waals surface area contributed by atoms with Crippen molar-refractivity contribution in [3.63, 3.8) is 0 Å². The molecule has 0 aliphatic carbocycles. The molecule has 0 saturated carbocycles. The van der Waals surface area contributed by atoms with Gasteiger partial charge in [0.15, 0.2) is 5.78 Å². The highest BCUT2D eigenvalue weighted by molar-refractivity contribution is 14.1. The maximum atomic E-state index is 11.0. The van der Waals surface area contributed by atoms with Crippen molar-refractivity contribution in [2.45, 2.75) is 0 Å². The molecule has 1 rings (SSSR count). The summed E-state index contributed by atoms with van der Waals surface area (Å²) in [6.07, 6.45) is 3.11. The lowest BCUT2D eigenvalue weighted by molar-refractivity contribution is -0.384. The second kappa shape index (κ2) is 5.59. The normalized spacial score (nSPS) is 10.5. The number of nitrogens with zero attached hydrogens (tertiary/aromatic N) is 1. The van der Waals surface area contributed by atoms with E-state index in [-0.39, 0.29) is 11.5 Å². The fourth-order valence-electron chi connectivity index (χ4n) is 0.941. The van der Waals surface area contributed by atoms with Gasteiger partial charge in [0.1, 0.15) is 0 Å². The van der Waals surface area contributed by atoms with Crippen LogP contribution in [-0.4, -0.2) is 15.1 Å². The van der Waals surface area contributed by atoms with E-state index in [0.29, 0.717) is 4.43 Å². The van der Waals surface area contributed by atoms with Crippen LogP contribution >= 0.6 is 22.6 Å². The first-order valence-electron chi connectivity index (χ1n) is 4.15. The highest BCUT2D eigenvalue weighted by Gasteiger charge is 2.02. The number of halogens is 1. The van der Waals surface area contributed by atoms with E-state index < -0.39 is 4.92 Å². The minimum atomic E-state index is -0.455. The molecule has 0 fully saturated rings. The molecule has 0 N–H and O–H groups in total. The summed E-state index contributed by atoms with van der Waals surface area (Å²) < 4.78 is 0.432. The number of benzene rings is 1. The largest absolute Gasteiger partial charge is 0.294 e. The first-order valence-corrected chi connectivity index (χ1v) is 5.67. The van der Waals surface area contributed by atoms with Crippen LogP contribution in [0, 0.1) is 10.1 Å². The van der Waals surface area contributed by atoms with Gasteiger partial charge in [-0.05, 0) is 23.8 Å². The van der Waals surface area contributed by atoms with Crippen LogP contribution in [0.4, 0.5) is 5.69 Å². The number of non-ortho nitro benzene ring substituents is 1. The molecule has 15 heavy (non-hydrogen) atoms. The first-order chi connectivity index (χ1) is 7.13. The number of carbonyl (C=O) groups excluding carboxylic acids is 1. The van der Waals surface area contributed by atoms with Crippen molar-refractivity contribution < 1.29 is 9.72 Å². The van der Waals surface area contributed by atoms with Gasteiger partial charge in [-0.15, -0.1) is 0 Å². The summed E-state index contributed by atoms with van der Waals surface area (Å²) in [6, 6.07) is 6.03. The summed E-state index contributed by atoms with van der Waals surface area (Å²) >= 11 is 1.98. The molecule has 4 nitrogen and oxygen atoms in total. The molecule has 78 valence electrons. The molecule has 0 unspecified atom stereocenters. The molecule has 0 bridgehead atoms. The van der Waals surface area contributed by atoms with Gasteiger partial charge < -0.3 is 0 Å². The van der Waals surface area contributed by atoms with Crippen molar-refractivity contribution in [2.24, 2.45) is 0 Å². The van der Waals surface area contributed by atoms with Gasteiger partial charge in [0.2, 0.25) is 0 Å². The zero-order valence-corrected chi connectivity index (χ0v) is 9.88. The van der Waals surface area contributed by atoms with Crippen molar-refractivity contribution in [1.82, 2.24) is 0 Å². The number of ketones is 1. The smallest absolute Gasteiger partial charge is 0.269 e. The Kier molecular flexibility index (Phi) is 4.41. The fourth-order valence-corrected chi connectivity index (χ4v) is 1.20. The molecule has 5 heteroatoms. The molecule has 0 aliphatic heterocycles. The van der Waals surface area contributed by atoms with Crippen molar-refractivity contribution in [1.29, 1.82) is 0 Å². The van der Waals surface area contributed by atoms with Gasteiger partial charge in [-0.1, -0.05) is 28.7 Å². The van der Waals surface area contributed by atoms with Crippen molar-refractivity contribution in [2.75, 3.05) is 4.43 Å². The lowest BCUT2D eigenvalue weighted by atomic mass is 10.2. The number of nitro benzene ring substituents is 1. The second-order valence-electron chi connectivity index (χ2n) is 2.78. The Balaban J connectivity index is 2.77. The van der Waals surface area contributed by atoms with E-state index in [1.54, 1.807) is 18.2 Å². The van der Waals surface area contributed by atoms with E-state index in [1.165, 1.54) is 18.2 Å². The molecule has 0 amide bonds. The number of hydrogen-bond donors (Lipinski definition) is 0. The van der Waals surface area contributed by atoms with Crippen LogP contribution in [0.25, 0.3) is 6.08 Å². The standard InChI is InChI=1S/C10H8INO3/c11-7-10(13)6-3-8-1-4-9(5-2-8)12(14)15/h1-6H,7H2. The molecule has 0 atom stereocenters. The predicted octanol–water partition coefficient (Wildman–Crippen LogP) is 2.61. The number of hydrogen-bond acceptors (Lipinski definition) is 3. The lowest BCUT2D eigenvalue weighted by Gasteiger charge is -1.93. The average Bonchev–Trinajstić information content (AvgIpc) is 2.26. The number of alkyl halides is 1. The van der Waals surface area contributed by atoms with Gasteiger partial charge in [-0.2, -0.15) is 0 Å². The summed E-state index contributed by atoms with van der Waals surface area (Å²) in [6.45, 7) is 0. The van der Waals surface area contributed by atoms with Crippen molar-refractivity contribution >= 4 is 40.1 Å². The number of carbonyl (C=O) groups is 1. The second-order valence-corrected chi connectivity index (χ2v) is 3.54. The Bertz CT molecular complexity index is 398. The topological polar surface area (TPSA) is 60.2 Å². The van der Waals surface area contributed by atoms with Crippen LogP contribution in [0.15, 0.2) is 30.3 Å². The van der Waals surface area contributed by atoms with Crippen LogP contribution in [0.3, 0.4) is 0 Å². The molecule has 0 aliphatic rings. The predicted molar refractivity (Wildman–Crippen MR) is 66.0 cm³/mol. The summed E-state index contributed by atoms with van der Waals surface area (Å²) in [5, 5.41) is 10.4. The maximum absolute atomic E-state index is 11.0. The fraction of sp³-hybridized carbons (Fsp3) is 0.100. The Morgan fingerprint density at radius 1 is 1.40 bits per heavy atom. The Hall–Kier alpha value is -1.24. The third-order valence-corrected chi connectivity index (χ3v) is 2.45. The Morgan fingerprint density at radius 2 is 2.00 bits per heavy atom. The van der Waals surface area contributed by atoms with Gasteiger partial charge in [0, 0.05) is 12.1 Å². The maximum Gasteiger partial charge on any atom is 0.269 e. The molecule has 0 spiro atoms. The number of allylic oxidation sites excluding steroid dienone is 1. The van der Waals surface area contributed by atoms with Crippen LogP contribution < -0.4 is 0 Å². The molecule has 0 aromatic heterocycles. The molecular formula is C10H8INO3. The first kappa shape index (κ1) is 11.8. The summed E-state index contributed by atoms with van der Waals surface area (Å²) in [5.74, 6) is 0.0222. The summed E-state index contributed by atoms with van der Waals surface area (Å²) in [5.41, 5.74) is 0.825. The molecule has 0 saturated heterocycles. The van der Waals surface area contributed by atoms with Crippen LogP contribution in [0.5, 0.6) is 0 Å². The van der Waals surface area contributed by atoms with E-state index in [1.807, 2.05) is 22.6 Å². The van der Waals surface area contributed by atoms with Crippen molar-refractivity contribution in [3.05, 3.63) is 46.0 Å². The van der Waals surface area contributed by atoms with Gasteiger partial charge in [0.25, 0.3) is 5.69 Å². The average molecular weight is 317 g/mol. The highest BCUT2D eigenvalue weighted by Crippen LogP contribution is 2.12. The minimum absolute atomic E-state index is 0.0222. The van der Waals surface area contributed by atoms with E-state index in [2.05, 4.69) is 0 Å². The molecule has 0 radical (unpaired) electrons. The minimum Gasteiger partial charge on any atom is -0.294 e. The third-order valence-electron chi connectivity index (χ3n) is 1.70. The van der Waals surface area contributed by atoms with Gasteiger partial charge >= 0.3 is 0 Å². The zero-order valence-electron chi connectivity index (χ0n) is 7.72. The van der Waals surface area contributed by atoms with E-state index >= 15 is 0 Å². The van der Waals surface area contributed by atoms with E-state index in [4.69, 9.17) is 0 Å². The number of nitro groups is 1. The zero-order chi connectivity index (χ0) is 11.3. The molecule has 0 heterocycles. The van der Waals surface area contributed by atoms with Gasteiger partial charge in [0.05, 0.1) is 9.35 Å². The quantitative estimate of drug-likeness (QED) is 0.282. The van der Waals surface area contributed by atoms with Crippen molar-refractivity contribution in [3.8, 4) is 0 Å². The van der Waals surface area contributed by atoms with Crippen LogP contribution in [0.1, 0.15) is 5.56 Å². The van der Waals surface area contributed by atoms with Gasteiger partial charge in [-0.3, -0.25) is 14.9 Å². The molecule has 1 aromatic rings. The monoisotopic (exact) mass is 317 g/mol. The van der Waals surface area contributed by atoms with Gasteiger partial charge in [-0.25, -0.2) is 0 Å². The van der Waals surface area contributed by atoms with E-state index in [0.717, 1.165) is 5.56 Å². The lowest BCUT2D eigenvalue weighted by Crippen LogP contribution is -1.91. The molecular weight excluding hydrogens is 309 g/mol.